The van der Waals surface area contributed by atoms with Crippen molar-refractivity contribution in [3.05, 3.63) is 35.9 Å². The second kappa shape index (κ2) is 7.54. The van der Waals surface area contributed by atoms with Crippen LogP contribution in [0.1, 0.15) is 30.7 Å². The molecule has 2 atom stereocenters. The van der Waals surface area contributed by atoms with Crippen LogP contribution in [-0.4, -0.2) is 25.7 Å². The molecule has 0 radical (unpaired) electrons. The topological polar surface area (TPSA) is 38.3 Å². The number of esters is 1. The van der Waals surface area contributed by atoms with Crippen molar-refractivity contribution in [2.75, 3.05) is 13.7 Å². The van der Waals surface area contributed by atoms with Crippen molar-refractivity contribution in [2.24, 2.45) is 0 Å². The molecule has 2 rings (SSSR count). The quantitative estimate of drug-likeness (QED) is 0.872. The Kier molecular flexibility index (Phi) is 6.36. The number of methoxy groups -OCH3 is 1. The van der Waals surface area contributed by atoms with Gasteiger partial charge in [-0.05, 0) is 24.9 Å². The van der Waals surface area contributed by atoms with E-state index in [2.05, 4.69) is 5.32 Å². The first kappa shape index (κ1) is 15.2. The van der Waals surface area contributed by atoms with E-state index in [0.717, 1.165) is 18.5 Å². The van der Waals surface area contributed by atoms with E-state index in [4.69, 9.17) is 4.74 Å². The third-order valence-electron chi connectivity index (χ3n) is 3.36. The highest BCUT2D eigenvalue weighted by molar-refractivity contribution is 8.93. The van der Waals surface area contributed by atoms with Crippen LogP contribution in [0.3, 0.4) is 0 Å². The molecule has 0 spiro atoms. The van der Waals surface area contributed by atoms with Gasteiger partial charge in [-0.2, -0.15) is 0 Å². The minimum atomic E-state index is -0.179. The average molecular weight is 314 g/mol. The number of ether oxygens (including phenoxy) is 1. The van der Waals surface area contributed by atoms with Gasteiger partial charge in [-0.1, -0.05) is 36.8 Å². The first-order valence-corrected chi connectivity index (χ1v) is 6.19. The number of benzene rings is 1. The Bertz CT molecular complexity index is 363. The van der Waals surface area contributed by atoms with Crippen LogP contribution < -0.4 is 5.32 Å². The Morgan fingerprint density at radius 1 is 1.33 bits per heavy atom. The van der Waals surface area contributed by atoms with E-state index < -0.39 is 0 Å². The number of carbonyl (C=O) groups excluding carboxylic acids is 1. The van der Waals surface area contributed by atoms with Gasteiger partial charge in [0.25, 0.3) is 0 Å². The first-order chi connectivity index (χ1) is 8.33. The van der Waals surface area contributed by atoms with Gasteiger partial charge in [-0.25, -0.2) is 0 Å². The average Bonchev–Trinajstić information content (AvgIpc) is 2.41. The molecule has 18 heavy (non-hydrogen) atoms. The lowest BCUT2D eigenvalue weighted by atomic mass is 9.86. The van der Waals surface area contributed by atoms with E-state index in [1.165, 1.54) is 20.0 Å². The van der Waals surface area contributed by atoms with E-state index in [1.807, 2.05) is 30.3 Å². The molecule has 1 aromatic rings. The number of nitrogens with one attached hydrogen (secondary N) is 1. The second-order valence-electron chi connectivity index (χ2n) is 4.47. The Balaban J connectivity index is 0.00000162. The van der Waals surface area contributed by atoms with Crippen molar-refractivity contribution < 1.29 is 9.53 Å². The monoisotopic (exact) mass is 313 g/mol. The van der Waals surface area contributed by atoms with E-state index in [-0.39, 0.29) is 34.9 Å². The zero-order valence-corrected chi connectivity index (χ0v) is 12.3. The summed E-state index contributed by atoms with van der Waals surface area (Å²) in [5.74, 6) is -0.322. The minimum Gasteiger partial charge on any atom is -0.469 e. The summed E-state index contributed by atoms with van der Waals surface area (Å²) >= 11 is 0. The van der Waals surface area contributed by atoms with E-state index in [0.29, 0.717) is 0 Å². The zero-order valence-electron chi connectivity index (χ0n) is 10.6. The van der Waals surface area contributed by atoms with Gasteiger partial charge < -0.3 is 10.1 Å². The lowest BCUT2D eigenvalue weighted by molar-refractivity contribution is -0.143. The van der Waals surface area contributed by atoms with Crippen molar-refractivity contribution in [2.45, 2.75) is 31.2 Å². The second-order valence-corrected chi connectivity index (χ2v) is 4.47. The summed E-state index contributed by atoms with van der Waals surface area (Å²) in [6.45, 7) is 0.991. The van der Waals surface area contributed by atoms with Crippen LogP contribution >= 0.6 is 17.0 Å². The van der Waals surface area contributed by atoms with Crippen LogP contribution in [0, 0.1) is 0 Å². The zero-order chi connectivity index (χ0) is 12.1. The highest BCUT2D eigenvalue weighted by Gasteiger charge is 2.31. The number of hydrogen-bond donors (Lipinski definition) is 1. The Labute approximate surface area is 119 Å². The molecule has 0 bridgehead atoms. The molecule has 100 valence electrons. The van der Waals surface area contributed by atoms with Gasteiger partial charge in [0.2, 0.25) is 0 Å². The fourth-order valence-corrected chi connectivity index (χ4v) is 2.48. The van der Waals surface area contributed by atoms with Gasteiger partial charge in [0, 0.05) is 6.04 Å². The van der Waals surface area contributed by atoms with Crippen LogP contribution in [0.4, 0.5) is 0 Å². The maximum atomic E-state index is 11.9. The minimum absolute atomic E-state index is 0. The Morgan fingerprint density at radius 2 is 2.06 bits per heavy atom. The summed E-state index contributed by atoms with van der Waals surface area (Å²) in [6.07, 6.45) is 3.41. The Hall–Kier alpha value is -0.870. The summed E-state index contributed by atoms with van der Waals surface area (Å²) < 4.78 is 4.94. The van der Waals surface area contributed by atoms with Gasteiger partial charge in [0.15, 0.2) is 0 Å². The molecule has 0 amide bonds. The summed E-state index contributed by atoms with van der Waals surface area (Å²) in [6, 6.07) is 10.1. The predicted octanol–water partition coefficient (Wildman–Crippen LogP) is 2.66. The van der Waals surface area contributed by atoms with Gasteiger partial charge in [-0.3, -0.25) is 4.79 Å². The molecule has 2 unspecified atom stereocenters. The molecule has 1 saturated heterocycles. The lowest BCUT2D eigenvalue weighted by Crippen LogP contribution is -2.42. The predicted molar refractivity (Wildman–Crippen MR) is 77.2 cm³/mol. The molecule has 0 saturated carbocycles. The van der Waals surface area contributed by atoms with Crippen molar-refractivity contribution in [1.82, 2.24) is 5.32 Å². The molecule has 1 heterocycles. The third kappa shape index (κ3) is 3.56. The van der Waals surface area contributed by atoms with Crippen LogP contribution in [0.2, 0.25) is 0 Å². The van der Waals surface area contributed by atoms with E-state index >= 15 is 0 Å². The maximum absolute atomic E-state index is 11.9. The molecular weight excluding hydrogens is 294 g/mol. The van der Waals surface area contributed by atoms with Crippen molar-refractivity contribution in [3.8, 4) is 0 Å². The van der Waals surface area contributed by atoms with Crippen molar-refractivity contribution in [1.29, 1.82) is 0 Å². The van der Waals surface area contributed by atoms with Gasteiger partial charge in [0.1, 0.15) is 0 Å². The van der Waals surface area contributed by atoms with Gasteiger partial charge in [-0.15, -0.1) is 17.0 Å². The molecule has 1 aliphatic heterocycles. The smallest absolute Gasteiger partial charge is 0.314 e. The van der Waals surface area contributed by atoms with E-state index in [1.54, 1.807) is 0 Å². The van der Waals surface area contributed by atoms with Crippen molar-refractivity contribution >= 4 is 23.0 Å². The highest BCUT2D eigenvalue weighted by atomic mass is 79.9. The van der Waals surface area contributed by atoms with Crippen LogP contribution in [0.15, 0.2) is 30.3 Å². The fourth-order valence-electron chi connectivity index (χ4n) is 2.48. The fraction of sp³-hybridized carbons (Fsp3) is 0.500. The molecule has 0 aromatic heterocycles. The number of rotatable bonds is 3. The summed E-state index contributed by atoms with van der Waals surface area (Å²) in [4.78, 5) is 11.9. The third-order valence-corrected chi connectivity index (χ3v) is 3.36. The largest absolute Gasteiger partial charge is 0.469 e. The van der Waals surface area contributed by atoms with Crippen LogP contribution in [0.5, 0.6) is 0 Å². The molecule has 0 aliphatic carbocycles. The Morgan fingerprint density at radius 3 is 2.61 bits per heavy atom. The molecule has 1 aliphatic rings. The van der Waals surface area contributed by atoms with Gasteiger partial charge in [0.05, 0.1) is 13.0 Å². The molecule has 1 aromatic carbocycles. The summed E-state index contributed by atoms with van der Waals surface area (Å²) in [5.41, 5.74) is 1.04. The number of hydrogen-bond acceptors (Lipinski definition) is 3. The highest BCUT2D eigenvalue weighted by Crippen LogP contribution is 2.26. The first-order valence-electron chi connectivity index (χ1n) is 6.19. The summed E-state index contributed by atoms with van der Waals surface area (Å²) in [7, 11) is 1.46. The summed E-state index contributed by atoms with van der Waals surface area (Å²) in [5, 5.41) is 3.43. The number of halogens is 1. The maximum Gasteiger partial charge on any atom is 0.314 e. The van der Waals surface area contributed by atoms with Crippen LogP contribution in [0.25, 0.3) is 0 Å². The standard InChI is InChI=1S/C14H19NO2.BrH/c1-17-14(16)13(11-7-3-2-4-8-11)12-9-5-6-10-15-12;/h2-4,7-8,12-13,15H,5-6,9-10H2,1H3;1H. The SMILES string of the molecule is Br.COC(=O)C(c1ccccc1)C1CCCCN1. The number of carbonyl (C=O) groups is 1. The molecular formula is C14H20BrNO2. The molecule has 3 nitrogen and oxygen atoms in total. The van der Waals surface area contributed by atoms with Crippen molar-refractivity contribution in [3.63, 3.8) is 0 Å². The van der Waals surface area contributed by atoms with Gasteiger partial charge >= 0.3 is 5.97 Å². The van der Waals surface area contributed by atoms with E-state index in [9.17, 15) is 4.79 Å². The molecule has 1 fully saturated rings. The molecule has 4 heteroatoms. The lowest BCUT2D eigenvalue weighted by Gasteiger charge is -2.29. The van der Waals surface area contributed by atoms with Crippen LogP contribution in [-0.2, 0) is 9.53 Å². The molecule has 1 N–H and O–H groups in total. The normalized spacial score (nSPS) is 20.6. The number of piperidine rings is 1.